The molecule has 9 unspecified atom stereocenters. The highest BCUT2D eigenvalue weighted by Gasteiger charge is 2.59. The summed E-state index contributed by atoms with van der Waals surface area (Å²) < 4.78 is 0. The van der Waals surface area contributed by atoms with Gasteiger partial charge in [0, 0.05) is 0 Å². The van der Waals surface area contributed by atoms with Gasteiger partial charge in [0.25, 0.3) is 0 Å². The second-order valence-corrected chi connectivity index (χ2v) is 13.5. The summed E-state index contributed by atoms with van der Waals surface area (Å²) in [6, 6.07) is 0. The van der Waals surface area contributed by atoms with Crippen LogP contribution in [0.15, 0.2) is 11.6 Å². The molecule has 9 atom stereocenters. The smallest absolute Gasteiger partial charge is 0.00851 e. The average Bonchev–Trinajstić information content (AvgIpc) is 3.05. The Morgan fingerprint density at radius 2 is 1.73 bits per heavy atom. The van der Waals surface area contributed by atoms with Crippen molar-refractivity contribution < 1.29 is 0 Å². The van der Waals surface area contributed by atoms with Crippen molar-refractivity contribution in [3.05, 3.63) is 11.6 Å². The number of hydrogen-bond acceptors (Lipinski definition) is 0. The Bertz CT molecular complexity index is 628. The SMILES string of the molecule is CCC(CC(C)C)CC(C)C1CCC2C3CC=C4CC(C)CCC4(C)C3CCC12C. The van der Waals surface area contributed by atoms with Crippen LogP contribution >= 0.6 is 0 Å². The van der Waals surface area contributed by atoms with E-state index in [1.54, 1.807) is 0 Å². The van der Waals surface area contributed by atoms with E-state index in [1.165, 1.54) is 70.6 Å². The molecule has 0 spiro atoms. The standard InChI is InChI=1S/C30H52/c1-8-23(17-20(2)3)19-22(5)26-11-12-27-25-10-9-24-18-21(4)13-15-29(24,6)28(25)14-16-30(26,27)7/h9,20-23,25-28H,8,10-19H2,1-7H3. The quantitative estimate of drug-likeness (QED) is 0.381. The summed E-state index contributed by atoms with van der Waals surface area (Å²) in [4.78, 5) is 0. The lowest BCUT2D eigenvalue weighted by atomic mass is 9.46. The van der Waals surface area contributed by atoms with Crippen LogP contribution in [0.2, 0.25) is 0 Å². The van der Waals surface area contributed by atoms with E-state index in [2.05, 4.69) is 54.5 Å². The zero-order valence-electron chi connectivity index (χ0n) is 21.5. The molecule has 4 aliphatic rings. The zero-order valence-corrected chi connectivity index (χ0v) is 21.5. The number of hydrogen-bond donors (Lipinski definition) is 0. The van der Waals surface area contributed by atoms with Crippen LogP contribution in [0.3, 0.4) is 0 Å². The van der Waals surface area contributed by atoms with Gasteiger partial charge in [-0.1, -0.05) is 66.5 Å². The molecule has 4 rings (SSSR count). The van der Waals surface area contributed by atoms with Crippen LogP contribution in [0.25, 0.3) is 0 Å². The molecular formula is C30H52. The Morgan fingerprint density at radius 1 is 0.967 bits per heavy atom. The highest BCUT2D eigenvalue weighted by atomic mass is 14.6. The Morgan fingerprint density at radius 3 is 2.43 bits per heavy atom. The average molecular weight is 413 g/mol. The Balaban J connectivity index is 1.50. The van der Waals surface area contributed by atoms with Gasteiger partial charge in [-0.15, -0.1) is 0 Å². The van der Waals surface area contributed by atoms with Crippen LogP contribution in [-0.2, 0) is 0 Å². The van der Waals surface area contributed by atoms with E-state index in [-0.39, 0.29) is 0 Å². The monoisotopic (exact) mass is 412 g/mol. The maximum absolute atomic E-state index is 2.76. The number of rotatable bonds is 6. The molecule has 3 saturated carbocycles. The lowest BCUT2D eigenvalue weighted by molar-refractivity contribution is -0.0533. The van der Waals surface area contributed by atoms with Gasteiger partial charge in [-0.05, 0) is 122 Å². The van der Waals surface area contributed by atoms with Gasteiger partial charge >= 0.3 is 0 Å². The van der Waals surface area contributed by atoms with Crippen LogP contribution in [0.5, 0.6) is 0 Å². The normalized spacial score (nSPS) is 45.3. The second-order valence-electron chi connectivity index (χ2n) is 13.5. The van der Waals surface area contributed by atoms with Crippen LogP contribution in [-0.4, -0.2) is 0 Å². The molecule has 0 aromatic heterocycles. The van der Waals surface area contributed by atoms with E-state index in [0.717, 1.165) is 47.3 Å². The van der Waals surface area contributed by atoms with Crippen molar-refractivity contribution in [1.29, 1.82) is 0 Å². The van der Waals surface area contributed by atoms with Gasteiger partial charge in [0.15, 0.2) is 0 Å². The summed E-state index contributed by atoms with van der Waals surface area (Å²) in [6.45, 7) is 17.8. The highest BCUT2D eigenvalue weighted by Crippen LogP contribution is 2.67. The van der Waals surface area contributed by atoms with Gasteiger partial charge in [0.05, 0.1) is 0 Å². The highest BCUT2D eigenvalue weighted by molar-refractivity contribution is 5.25. The first-order valence-electron chi connectivity index (χ1n) is 13.9. The maximum Gasteiger partial charge on any atom is -0.00851 e. The molecule has 0 aliphatic heterocycles. The fraction of sp³-hybridized carbons (Fsp3) is 0.933. The summed E-state index contributed by atoms with van der Waals surface area (Å²) in [5.74, 6) is 7.60. The third-order valence-electron chi connectivity index (χ3n) is 11.2. The predicted molar refractivity (Wildman–Crippen MR) is 131 cm³/mol. The third kappa shape index (κ3) is 3.85. The van der Waals surface area contributed by atoms with Crippen LogP contribution < -0.4 is 0 Å². The van der Waals surface area contributed by atoms with Crippen molar-refractivity contribution in [1.82, 2.24) is 0 Å². The van der Waals surface area contributed by atoms with Gasteiger partial charge in [-0.3, -0.25) is 0 Å². The van der Waals surface area contributed by atoms with E-state index in [1.807, 2.05) is 5.57 Å². The fourth-order valence-corrected chi connectivity index (χ4v) is 9.60. The van der Waals surface area contributed by atoms with E-state index in [4.69, 9.17) is 0 Å². The molecular weight excluding hydrogens is 360 g/mol. The number of fused-ring (bicyclic) bond motifs is 5. The van der Waals surface area contributed by atoms with E-state index < -0.39 is 0 Å². The Kier molecular flexibility index (Phi) is 6.56. The largest absolute Gasteiger partial charge is 0.0845 e. The van der Waals surface area contributed by atoms with Crippen molar-refractivity contribution in [2.45, 2.75) is 119 Å². The molecule has 0 bridgehead atoms. The molecule has 0 aromatic rings. The van der Waals surface area contributed by atoms with Crippen molar-refractivity contribution in [3.63, 3.8) is 0 Å². The lowest BCUT2D eigenvalue weighted by Gasteiger charge is -2.58. The first-order chi connectivity index (χ1) is 14.2. The minimum Gasteiger partial charge on any atom is -0.0845 e. The number of allylic oxidation sites excluding steroid dienone is 2. The molecule has 30 heavy (non-hydrogen) atoms. The van der Waals surface area contributed by atoms with Gasteiger partial charge < -0.3 is 0 Å². The molecule has 0 saturated heterocycles. The molecule has 0 heterocycles. The topological polar surface area (TPSA) is 0 Å². The molecule has 0 aromatic carbocycles. The lowest BCUT2D eigenvalue weighted by Crippen LogP contribution is -2.50. The minimum absolute atomic E-state index is 0.547. The van der Waals surface area contributed by atoms with Gasteiger partial charge in [0.1, 0.15) is 0 Å². The first-order valence-corrected chi connectivity index (χ1v) is 13.9. The Labute approximate surface area is 189 Å². The summed E-state index contributed by atoms with van der Waals surface area (Å²) >= 11 is 0. The summed E-state index contributed by atoms with van der Waals surface area (Å²) in [5.41, 5.74) is 3.04. The molecule has 0 N–H and O–H groups in total. The minimum atomic E-state index is 0.547. The third-order valence-corrected chi connectivity index (χ3v) is 11.2. The molecule has 172 valence electrons. The van der Waals surface area contributed by atoms with E-state index in [0.29, 0.717) is 10.8 Å². The van der Waals surface area contributed by atoms with Gasteiger partial charge in [-0.25, -0.2) is 0 Å². The first kappa shape index (κ1) is 22.9. The van der Waals surface area contributed by atoms with Gasteiger partial charge in [0.2, 0.25) is 0 Å². The van der Waals surface area contributed by atoms with E-state index in [9.17, 15) is 0 Å². The summed E-state index contributed by atoms with van der Waals surface area (Å²) in [7, 11) is 0. The van der Waals surface area contributed by atoms with Gasteiger partial charge in [-0.2, -0.15) is 0 Å². The van der Waals surface area contributed by atoms with Crippen molar-refractivity contribution in [2.24, 2.45) is 58.2 Å². The maximum atomic E-state index is 2.76. The van der Waals surface area contributed by atoms with Crippen molar-refractivity contribution in [3.8, 4) is 0 Å². The van der Waals surface area contributed by atoms with Crippen LogP contribution in [0.4, 0.5) is 0 Å². The van der Waals surface area contributed by atoms with Crippen molar-refractivity contribution in [2.75, 3.05) is 0 Å². The molecule has 4 aliphatic carbocycles. The molecule has 3 fully saturated rings. The Hall–Kier alpha value is -0.260. The summed E-state index contributed by atoms with van der Waals surface area (Å²) in [5, 5.41) is 0. The fourth-order valence-electron chi connectivity index (χ4n) is 9.60. The summed E-state index contributed by atoms with van der Waals surface area (Å²) in [6.07, 6.45) is 18.9. The van der Waals surface area contributed by atoms with Crippen LogP contribution in [0.1, 0.15) is 119 Å². The van der Waals surface area contributed by atoms with Crippen LogP contribution in [0, 0.1) is 58.2 Å². The predicted octanol–water partition coefficient (Wildman–Crippen LogP) is 9.30. The molecule has 0 heteroatoms. The second kappa shape index (κ2) is 8.59. The molecule has 0 radical (unpaired) electrons. The molecule has 0 nitrogen and oxygen atoms in total. The molecule has 0 amide bonds. The van der Waals surface area contributed by atoms with Crippen molar-refractivity contribution >= 4 is 0 Å². The zero-order chi connectivity index (χ0) is 21.7. The van der Waals surface area contributed by atoms with E-state index >= 15 is 0 Å².